The van der Waals surface area contributed by atoms with Crippen molar-refractivity contribution in [3.05, 3.63) is 45.7 Å². The Balaban J connectivity index is 2.39. The van der Waals surface area contributed by atoms with Crippen molar-refractivity contribution in [2.75, 3.05) is 0 Å². The van der Waals surface area contributed by atoms with Gasteiger partial charge < -0.3 is 4.57 Å². The molecule has 0 spiro atoms. The molecular formula is C11H11ClN4O4S. The molecule has 10 heteroatoms. The van der Waals surface area contributed by atoms with Crippen molar-refractivity contribution in [1.82, 2.24) is 14.5 Å². The van der Waals surface area contributed by atoms with Crippen molar-refractivity contribution in [3.63, 3.8) is 0 Å². The van der Waals surface area contributed by atoms with Gasteiger partial charge in [0.15, 0.2) is 5.03 Å². The molecule has 21 heavy (non-hydrogen) atoms. The van der Waals surface area contributed by atoms with Crippen LogP contribution in [0.2, 0.25) is 0 Å². The first-order valence-electron chi connectivity index (χ1n) is 5.76. The lowest BCUT2D eigenvalue weighted by Gasteiger charge is -2.07. The normalized spacial score (nSPS) is 11.6. The second kappa shape index (κ2) is 5.41. The van der Waals surface area contributed by atoms with Gasteiger partial charge in [0.2, 0.25) is 0 Å². The van der Waals surface area contributed by atoms with Crippen LogP contribution in [0.25, 0.3) is 0 Å². The summed E-state index contributed by atoms with van der Waals surface area (Å²) in [7, 11) is 1.28. The van der Waals surface area contributed by atoms with Crippen molar-refractivity contribution >= 4 is 25.4 Å². The fourth-order valence-corrected chi connectivity index (χ4v) is 2.60. The lowest BCUT2D eigenvalue weighted by atomic mass is 10.1. The molecular weight excluding hydrogens is 320 g/mol. The molecule has 0 saturated heterocycles. The van der Waals surface area contributed by atoms with Gasteiger partial charge in [-0.25, -0.2) is 13.4 Å². The summed E-state index contributed by atoms with van der Waals surface area (Å²) in [6, 6.07) is 0. The number of aromatic nitrogens is 3. The van der Waals surface area contributed by atoms with E-state index in [2.05, 4.69) is 9.97 Å². The van der Waals surface area contributed by atoms with Gasteiger partial charge in [-0.3, -0.25) is 15.1 Å². The summed E-state index contributed by atoms with van der Waals surface area (Å²) in [5.41, 5.74) is 1.37. The second-order valence-electron chi connectivity index (χ2n) is 4.44. The van der Waals surface area contributed by atoms with E-state index < -0.39 is 14.0 Å². The van der Waals surface area contributed by atoms with E-state index in [1.165, 1.54) is 23.3 Å². The third-order valence-electron chi connectivity index (χ3n) is 2.95. The Morgan fingerprint density at radius 2 is 2.05 bits per heavy atom. The number of aryl methyl sites for hydroxylation is 1. The Bertz CT molecular complexity index is 816. The molecule has 0 aliphatic rings. The molecule has 0 amide bonds. The highest BCUT2D eigenvalue weighted by atomic mass is 35.7. The molecule has 112 valence electrons. The zero-order valence-corrected chi connectivity index (χ0v) is 12.7. The molecule has 0 bridgehead atoms. The minimum atomic E-state index is -3.90. The fraction of sp³-hybridized carbons (Fsp3) is 0.273. The third-order valence-corrected chi connectivity index (χ3v) is 4.13. The molecule has 2 rings (SSSR count). The molecule has 0 aliphatic carbocycles. The number of nitrogens with zero attached hydrogens (tertiary/aromatic N) is 4. The van der Waals surface area contributed by atoms with E-state index in [-0.39, 0.29) is 17.3 Å². The molecule has 2 heterocycles. The molecule has 0 radical (unpaired) electrons. The zero-order valence-electron chi connectivity index (χ0n) is 11.1. The van der Waals surface area contributed by atoms with Gasteiger partial charge in [0.05, 0.1) is 29.1 Å². The first-order chi connectivity index (χ1) is 9.70. The van der Waals surface area contributed by atoms with E-state index >= 15 is 0 Å². The number of hydrogen-bond acceptors (Lipinski definition) is 6. The number of halogens is 1. The maximum absolute atomic E-state index is 11.1. The molecule has 0 aliphatic heterocycles. The molecule has 0 N–H and O–H groups in total. The van der Waals surface area contributed by atoms with E-state index in [0.717, 1.165) is 0 Å². The molecule has 0 saturated carbocycles. The topological polar surface area (TPSA) is 108 Å². The summed E-state index contributed by atoms with van der Waals surface area (Å²) in [6.45, 7) is 3.37. The van der Waals surface area contributed by atoms with Crippen LogP contribution in [-0.4, -0.2) is 27.9 Å². The maximum Gasteiger partial charge on any atom is 0.280 e. The van der Waals surface area contributed by atoms with Gasteiger partial charge in [-0.2, -0.15) is 0 Å². The molecule has 0 unspecified atom stereocenters. The van der Waals surface area contributed by atoms with Crippen molar-refractivity contribution in [1.29, 1.82) is 0 Å². The van der Waals surface area contributed by atoms with Crippen LogP contribution in [0.1, 0.15) is 16.8 Å². The Labute approximate surface area is 125 Å². The molecule has 0 atom stereocenters. The predicted molar refractivity (Wildman–Crippen MR) is 74.7 cm³/mol. The van der Waals surface area contributed by atoms with Crippen LogP contribution in [-0.2, 0) is 15.6 Å². The molecule has 2 aromatic rings. The first-order valence-corrected chi connectivity index (χ1v) is 8.07. The van der Waals surface area contributed by atoms with Crippen LogP contribution in [0.15, 0.2) is 23.7 Å². The summed E-state index contributed by atoms with van der Waals surface area (Å²) in [4.78, 5) is 18.4. The van der Waals surface area contributed by atoms with Crippen LogP contribution < -0.4 is 0 Å². The quantitative estimate of drug-likeness (QED) is 0.480. The average molecular weight is 331 g/mol. The van der Waals surface area contributed by atoms with Crippen LogP contribution in [0.4, 0.5) is 5.69 Å². The highest BCUT2D eigenvalue weighted by Gasteiger charge is 2.19. The molecule has 0 fully saturated rings. The third kappa shape index (κ3) is 3.19. The Morgan fingerprint density at radius 1 is 1.38 bits per heavy atom. The van der Waals surface area contributed by atoms with Crippen molar-refractivity contribution in [3.8, 4) is 0 Å². The fourth-order valence-electron chi connectivity index (χ4n) is 1.93. The summed E-state index contributed by atoms with van der Waals surface area (Å²) in [6.07, 6.45) is 3.94. The van der Waals surface area contributed by atoms with Crippen LogP contribution in [0.5, 0.6) is 0 Å². The van der Waals surface area contributed by atoms with E-state index in [9.17, 15) is 18.5 Å². The zero-order chi connectivity index (χ0) is 15.8. The number of pyridine rings is 1. The largest absolute Gasteiger partial charge is 0.330 e. The van der Waals surface area contributed by atoms with Gasteiger partial charge in [-0.15, -0.1) is 0 Å². The van der Waals surface area contributed by atoms with E-state index in [4.69, 9.17) is 10.7 Å². The van der Waals surface area contributed by atoms with Crippen molar-refractivity contribution in [2.45, 2.75) is 25.4 Å². The predicted octanol–water partition coefficient (Wildman–Crippen LogP) is 1.78. The summed E-state index contributed by atoms with van der Waals surface area (Å²) < 4.78 is 23.7. The Morgan fingerprint density at radius 3 is 2.57 bits per heavy atom. The average Bonchev–Trinajstić information content (AvgIpc) is 2.81. The number of imidazole rings is 1. The monoisotopic (exact) mass is 330 g/mol. The number of nitro groups is 1. The molecule has 0 aromatic carbocycles. The minimum Gasteiger partial charge on any atom is -0.330 e. The molecule has 8 nitrogen and oxygen atoms in total. The van der Waals surface area contributed by atoms with Crippen LogP contribution in [0.3, 0.4) is 0 Å². The standard InChI is InChI=1S/C11H11ClN4O4S/c1-7-3-13-9(8(2)11(7)16(17)18)4-15-5-10(14-6-15)21(12,19)20/h3,5-6H,4H2,1-2H3. The van der Waals surface area contributed by atoms with Gasteiger partial charge in [-0.1, -0.05) is 0 Å². The summed E-state index contributed by atoms with van der Waals surface area (Å²) >= 11 is 0. The lowest BCUT2D eigenvalue weighted by Crippen LogP contribution is -2.06. The van der Waals surface area contributed by atoms with Gasteiger partial charge in [0.25, 0.3) is 14.7 Å². The highest BCUT2D eigenvalue weighted by molar-refractivity contribution is 8.13. The molecule has 2 aromatic heterocycles. The van der Waals surface area contributed by atoms with Crippen molar-refractivity contribution in [2.24, 2.45) is 0 Å². The Hall–Kier alpha value is -2.00. The van der Waals surface area contributed by atoms with Gasteiger partial charge in [0.1, 0.15) is 0 Å². The number of hydrogen-bond donors (Lipinski definition) is 0. The minimum absolute atomic E-state index is 0.00491. The first kappa shape index (κ1) is 15.4. The maximum atomic E-state index is 11.1. The smallest absolute Gasteiger partial charge is 0.280 e. The Kier molecular flexibility index (Phi) is 3.97. The van der Waals surface area contributed by atoms with E-state index in [1.807, 2.05) is 0 Å². The van der Waals surface area contributed by atoms with Gasteiger partial charge in [-0.05, 0) is 13.8 Å². The van der Waals surface area contributed by atoms with Gasteiger partial charge >= 0.3 is 0 Å². The van der Waals surface area contributed by atoms with Crippen LogP contribution in [0, 0.1) is 24.0 Å². The van der Waals surface area contributed by atoms with E-state index in [1.54, 1.807) is 13.8 Å². The van der Waals surface area contributed by atoms with E-state index in [0.29, 0.717) is 16.8 Å². The van der Waals surface area contributed by atoms with Gasteiger partial charge in [0, 0.05) is 28.6 Å². The van der Waals surface area contributed by atoms with Crippen molar-refractivity contribution < 1.29 is 13.3 Å². The summed E-state index contributed by atoms with van der Waals surface area (Å²) in [5.74, 6) is 0. The SMILES string of the molecule is Cc1cnc(Cn2cnc(S(=O)(=O)Cl)c2)c(C)c1[N+](=O)[O-]. The highest BCUT2D eigenvalue weighted by Crippen LogP contribution is 2.24. The lowest BCUT2D eigenvalue weighted by molar-refractivity contribution is -0.386. The van der Waals surface area contributed by atoms with Crippen LogP contribution >= 0.6 is 10.7 Å². The summed E-state index contributed by atoms with van der Waals surface area (Å²) in [5, 5.41) is 10.8. The number of rotatable bonds is 4. The second-order valence-corrected chi connectivity index (χ2v) is 6.95.